The van der Waals surface area contributed by atoms with E-state index in [2.05, 4.69) is 0 Å². The van der Waals surface area contributed by atoms with Crippen LogP contribution in [0.15, 0.2) is 18.2 Å². The molecule has 1 aromatic rings. The molecule has 0 aromatic heterocycles. The molecule has 0 bridgehead atoms. The van der Waals surface area contributed by atoms with Gasteiger partial charge in [0.2, 0.25) is 0 Å². The van der Waals surface area contributed by atoms with Crippen LogP contribution in [0.25, 0.3) is 0 Å². The van der Waals surface area contributed by atoms with Gasteiger partial charge in [0.15, 0.2) is 0 Å². The fourth-order valence-electron chi connectivity index (χ4n) is 0.872. The topological polar surface area (TPSA) is 26.0 Å². The molecular formula is C8H10Cl3N. The average molecular weight is 227 g/mol. The monoisotopic (exact) mass is 225 g/mol. The van der Waals surface area contributed by atoms with Crippen molar-refractivity contribution in [2.45, 2.75) is 13.0 Å². The first-order chi connectivity index (χ1) is 5.13. The van der Waals surface area contributed by atoms with Crippen LogP contribution in [0.2, 0.25) is 10.0 Å². The Labute approximate surface area is 88.3 Å². The smallest absolute Gasteiger partial charge is 0.0639 e. The molecule has 0 aliphatic carbocycles. The third-order valence-corrected chi connectivity index (χ3v) is 2.31. The summed E-state index contributed by atoms with van der Waals surface area (Å²) in [5, 5.41) is 1.12. The summed E-state index contributed by atoms with van der Waals surface area (Å²) >= 11 is 11.6. The highest BCUT2D eigenvalue weighted by Crippen LogP contribution is 2.28. The normalized spacial score (nSPS) is 12.0. The predicted octanol–water partition coefficient (Wildman–Crippen LogP) is 3.43. The number of halogens is 3. The van der Waals surface area contributed by atoms with Gasteiger partial charge in [-0.15, -0.1) is 12.4 Å². The number of hydrogen-bond acceptors (Lipinski definition) is 1. The van der Waals surface area contributed by atoms with Gasteiger partial charge in [-0.1, -0.05) is 35.3 Å². The highest BCUT2D eigenvalue weighted by atomic mass is 35.5. The highest BCUT2D eigenvalue weighted by Gasteiger charge is 2.06. The molecule has 0 unspecified atom stereocenters. The van der Waals surface area contributed by atoms with E-state index in [0.717, 1.165) is 5.56 Å². The summed E-state index contributed by atoms with van der Waals surface area (Å²) in [7, 11) is 0. The van der Waals surface area contributed by atoms with Crippen molar-refractivity contribution in [3.63, 3.8) is 0 Å². The van der Waals surface area contributed by atoms with Crippen molar-refractivity contribution in [3.8, 4) is 0 Å². The minimum absolute atomic E-state index is 0. The van der Waals surface area contributed by atoms with Crippen LogP contribution >= 0.6 is 35.6 Å². The van der Waals surface area contributed by atoms with Crippen LogP contribution in [-0.2, 0) is 0 Å². The van der Waals surface area contributed by atoms with E-state index >= 15 is 0 Å². The minimum atomic E-state index is -0.0683. The van der Waals surface area contributed by atoms with Gasteiger partial charge in [0.05, 0.1) is 10.0 Å². The van der Waals surface area contributed by atoms with E-state index in [1.807, 2.05) is 19.1 Å². The SMILES string of the molecule is C[C@@H](N)c1cccc(Cl)c1Cl.Cl. The Morgan fingerprint density at radius 2 is 1.92 bits per heavy atom. The van der Waals surface area contributed by atoms with Crippen molar-refractivity contribution < 1.29 is 0 Å². The second kappa shape index (κ2) is 4.93. The van der Waals surface area contributed by atoms with E-state index in [9.17, 15) is 0 Å². The maximum absolute atomic E-state index is 5.88. The fraction of sp³-hybridized carbons (Fsp3) is 0.250. The maximum Gasteiger partial charge on any atom is 0.0639 e. The zero-order chi connectivity index (χ0) is 8.43. The average Bonchev–Trinajstić information content (AvgIpc) is 1.94. The quantitative estimate of drug-likeness (QED) is 0.780. The molecule has 1 nitrogen and oxygen atoms in total. The van der Waals surface area contributed by atoms with Gasteiger partial charge in [0, 0.05) is 6.04 Å². The number of rotatable bonds is 1. The van der Waals surface area contributed by atoms with Gasteiger partial charge in [-0.05, 0) is 18.6 Å². The highest BCUT2D eigenvalue weighted by molar-refractivity contribution is 6.42. The third kappa shape index (κ3) is 2.53. The molecule has 0 heterocycles. The molecule has 0 saturated carbocycles. The Bertz CT molecular complexity index is 260. The molecule has 0 radical (unpaired) electrons. The first-order valence-electron chi connectivity index (χ1n) is 3.32. The zero-order valence-corrected chi connectivity index (χ0v) is 8.88. The number of nitrogens with two attached hydrogens (primary N) is 1. The van der Waals surface area contributed by atoms with Gasteiger partial charge >= 0.3 is 0 Å². The fourth-order valence-corrected chi connectivity index (χ4v) is 1.35. The molecule has 1 aromatic carbocycles. The van der Waals surface area contributed by atoms with Gasteiger partial charge in [0.1, 0.15) is 0 Å². The standard InChI is InChI=1S/C8H9Cl2N.ClH/c1-5(11)6-3-2-4-7(9)8(6)10;/h2-5H,11H2,1H3;1H/t5-;/m1./s1. The first kappa shape index (κ1) is 12.0. The van der Waals surface area contributed by atoms with E-state index < -0.39 is 0 Å². The molecule has 0 amide bonds. The van der Waals surface area contributed by atoms with Crippen LogP contribution in [0.1, 0.15) is 18.5 Å². The Balaban J connectivity index is 0.00000121. The van der Waals surface area contributed by atoms with Crippen LogP contribution in [0.4, 0.5) is 0 Å². The molecule has 0 aliphatic heterocycles. The molecule has 68 valence electrons. The summed E-state index contributed by atoms with van der Waals surface area (Å²) in [5.74, 6) is 0. The molecule has 12 heavy (non-hydrogen) atoms. The summed E-state index contributed by atoms with van der Waals surface area (Å²) in [6.45, 7) is 1.87. The summed E-state index contributed by atoms with van der Waals surface area (Å²) in [5.41, 5.74) is 6.53. The summed E-state index contributed by atoms with van der Waals surface area (Å²) in [4.78, 5) is 0. The lowest BCUT2D eigenvalue weighted by atomic mass is 10.1. The van der Waals surface area contributed by atoms with Crippen LogP contribution in [-0.4, -0.2) is 0 Å². The summed E-state index contributed by atoms with van der Waals surface area (Å²) < 4.78 is 0. The van der Waals surface area contributed by atoms with E-state index in [-0.39, 0.29) is 18.4 Å². The predicted molar refractivity (Wildman–Crippen MR) is 56.3 cm³/mol. The van der Waals surface area contributed by atoms with Crippen molar-refractivity contribution in [3.05, 3.63) is 33.8 Å². The van der Waals surface area contributed by atoms with E-state index in [4.69, 9.17) is 28.9 Å². The van der Waals surface area contributed by atoms with Gasteiger partial charge in [-0.2, -0.15) is 0 Å². The van der Waals surface area contributed by atoms with E-state index in [0.29, 0.717) is 10.0 Å². The molecule has 0 spiro atoms. The number of benzene rings is 1. The second-order valence-corrected chi connectivity index (χ2v) is 3.22. The Morgan fingerprint density at radius 1 is 1.33 bits per heavy atom. The molecular weight excluding hydrogens is 216 g/mol. The van der Waals surface area contributed by atoms with Gasteiger partial charge in [0.25, 0.3) is 0 Å². The lowest BCUT2D eigenvalue weighted by molar-refractivity contribution is 0.818. The van der Waals surface area contributed by atoms with Crippen molar-refractivity contribution in [1.82, 2.24) is 0 Å². The van der Waals surface area contributed by atoms with Crippen molar-refractivity contribution in [2.75, 3.05) is 0 Å². The molecule has 1 atom stereocenters. The molecule has 4 heteroatoms. The van der Waals surface area contributed by atoms with Crippen LogP contribution in [0, 0.1) is 0 Å². The third-order valence-electron chi connectivity index (χ3n) is 1.47. The summed E-state index contributed by atoms with van der Waals surface area (Å²) in [6, 6.07) is 5.39. The zero-order valence-electron chi connectivity index (χ0n) is 6.55. The lowest BCUT2D eigenvalue weighted by Gasteiger charge is -2.08. The van der Waals surface area contributed by atoms with E-state index in [1.54, 1.807) is 6.07 Å². The van der Waals surface area contributed by atoms with Crippen LogP contribution < -0.4 is 5.73 Å². The first-order valence-corrected chi connectivity index (χ1v) is 4.08. The van der Waals surface area contributed by atoms with E-state index in [1.165, 1.54) is 0 Å². The maximum atomic E-state index is 5.88. The number of hydrogen-bond donors (Lipinski definition) is 1. The second-order valence-electron chi connectivity index (χ2n) is 2.43. The Hall–Kier alpha value is 0.0500. The molecule has 0 aliphatic rings. The van der Waals surface area contributed by atoms with Crippen LogP contribution in [0.5, 0.6) is 0 Å². The van der Waals surface area contributed by atoms with Gasteiger partial charge in [-0.25, -0.2) is 0 Å². The largest absolute Gasteiger partial charge is 0.324 e. The van der Waals surface area contributed by atoms with Crippen molar-refractivity contribution in [1.29, 1.82) is 0 Å². The molecule has 0 fully saturated rings. The van der Waals surface area contributed by atoms with Gasteiger partial charge in [-0.3, -0.25) is 0 Å². The Morgan fingerprint density at radius 3 is 2.33 bits per heavy atom. The summed E-state index contributed by atoms with van der Waals surface area (Å²) in [6.07, 6.45) is 0. The lowest BCUT2D eigenvalue weighted by Crippen LogP contribution is -2.05. The van der Waals surface area contributed by atoms with Crippen molar-refractivity contribution >= 4 is 35.6 Å². The van der Waals surface area contributed by atoms with Crippen LogP contribution in [0.3, 0.4) is 0 Å². The Kier molecular flexibility index (Phi) is 4.95. The molecule has 2 N–H and O–H groups in total. The van der Waals surface area contributed by atoms with Gasteiger partial charge < -0.3 is 5.73 Å². The van der Waals surface area contributed by atoms with Crippen molar-refractivity contribution in [2.24, 2.45) is 5.73 Å². The molecule has 1 rings (SSSR count). The molecule has 0 saturated heterocycles. The minimum Gasteiger partial charge on any atom is -0.324 e.